The summed E-state index contributed by atoms with van der Waals surface area (Å²) in [5.41, 5.74) is 2.21. The summed E-state index contributed by atoms with van der Waals surface area (Å²) in [5.74, 6) is -0.741. The zero-order valence-electron chi connectivity index (χ0n) is 7.50. The number of ether oxygens (including phenoxy) is 2. The van der Waals surface area contributed by atoms with Crippen LogP contribution in [-0.2, 0) is 9.47 Å². The lowest BCUT2D eigenvalue weighted by Crippen LogP contribution is -2.37. The molecule has 13 heavy (non-hydrogen) atoms. The summed E-state index contributed by atoms with van der Waals surface area (Å²) in [6, 6.07) is 0. The Bertz CT molecular complexity index is 327. The Labute approximate surface area is 85.3 Å². The Morgan fingerprint density at radius 1 is 1.46 bits per heavy atom. The minimum Gasteiger partial charge on any atom is -0.346 e. The van der Waals surface area contributed by atoms with Crippen LogP contribution >= 0.6 is 15.9 Å². The molecule has 2 rings (SSSR count). The third-order valence-electron chi connectivity index (χ3n) is 2.32. The molecule has 3 nitrogen and oxygen atoms in total. The SMILES string of the molecule is COC1(OC)C=C2CN=C2C=C1Br. The van der Waals surface area contributed by atoms with Crippen LogP contribution in [0.25, 0.3) is 0 Å². The Morgan fingerprint density at radius 2 is 2.15 bits per heavy atom. The van der Waals surface area contributed by atoms with Gasteiger partial charge in [0.05, 0.1) is 16.7 Å². The molecule has 0 fully saturated rings. The van der Waals surface area contributed by atoms with Crippen LogP contribution in [0.4, 0.5) is 0 Å². The van der Waals surface area contributed by atoms with E-state index in [-0.39, 0.29) is 0 Å². The third-order valence-corrected chi connectivity index (χ3v) is 3.10. The van der Waals surface area contributed by atoms with E-state index < -0.39 is 5.79 Å². The van der Waals surface area contributed by atoms with Crippen LogP contribution in [0.1, 0.15) is 0 Å². The van der Waals surface area contributed by atoms with E-state index >= 15 is 0 Å². The number of fused-ring (bicyclic) bond motifs is 1. The van der Waals surface area contributed by atoms with Gasteiger partial charge < -0.3 is 9.47 Å². The van der Waals surface area contributed by atoms with Crippen molar-refractivity contribution in [2.75, 3.05) is 20.8 Å². The number of methoxy groups -OCH3 is 2. The second-order valence-corrected chi connectivity index (χ2v) is 3.79. The quantitative estimate of drug-likeness (QED) is 0.691. The van der Waals surface area contributed by atoms with Gasteiger partial charge in [-0.05, 0) is 28.1 Å². The average Bonchev–Trinajstić information content (AvgIpc) is 2.13. The molecule has 0 unspecified atom stereocenters. The maximum absolute atomic E-state index is 5.32. The molecule has 70 valence electrons. The fourth-order valence-electron chi connectivity index (χ4n) is 1.43. The fourth-order valence-corrected chi connectivity index (χ4v) is 2.09. The lowest BCUT2D eigenvalue weighted by molar-refractivity contribution is -0.136. The minimum atomic E-state index is -0.741. The van der Waals surface area contributed by atoms with E-state index in [1.54, 1.807) is 14.2 Å². The maximum atomic E-state index is 5.32. The number of rotatable bonds is 2. The highest BCUT2D eigenvalue weighted by Gasteiger charge is 2.37. The first-order valence-electron chi connectivity index (χ1n) is 3.96. The van der Waals surface area contributed by atoms with Crippen LogP contribution in [0.3, 0.4) is 0 Å². The standard InChI is InChI=1S/C9H10BrNO2/c1-12-9(13-2)4-6-5-11-7(6)3-8(9)10/h3-4H,5H2,1-2H3. The van der Waals surface area contributed by atoms with Crippen LogP contribution in [-0.4, -0.2) is 32.3 Å². The number of halogens is 1. The Balaban J connectivity index is 2.41. The van der Waals surface area contributed by atoms with Gasteiger partial charge in [0, 0.05) is 19.8 Å². The van der Waals surface area contributed by atoms with Gasteiger partial charge in [0.15, 0.2) is 0 Å². The lowest BCUT2D eigenvalue weighted by Gasteiger charge is -2.33. The number of hydrogen-bond acceptors (Lipinski definition) is 3. The zero-order valence-corrected chi connectivity index (χ0v) is 9.09. The third kappa shape index (κ3) is 1.21. The molecule has 0 saturated carbocycles. The predicted octanol–water partition coefficient (Wildman–Crippen LogP) is 1.65. The van der Waals surface area contributed by atoms with Gasteiger partial charge in [0.25, 0.3) is 0 Å². The first-order chi connectivity index (χ1) is 6.22. The van der Waals surface area contributed by atoms with Gasteiger partial charge in [-0.15, -0.1) is 0 Å². The van der Waals surface area contributed by atoms with Crippen molar-refractivity contribution < 1.29 is 9.47 Å². The summed E-state index contributed by atoms with van der Waals surface area (Å²) < 4.78 is 11.5. The van der Waals surface area contributed by atoms with Crippen LogP contribution < -0.4 is 0 Å². The summed E-state index contributed by atoms with van der Waals surface area (Å²) in [5, 5.41) is 0. The molecule has 0 saturated heterocycles. The minimum absolute atomic E-state index is 0.741. The molecular weight excluding hydrogens is 234 g/mol. The zero-order chi connectivity index (χ0) is 9.47. The molecule has 0 spiro atoms. The summed E-state index contributed by atoms with van der Waals surface area (Å²) >= 11 is 3.42. The maximum Gasteiger partial charge on any atom is 0.222 e. The van der Waals surface area contributed by atoms with E-state index in [0.717, 1.165) is 16.7 Å². The monoisotopic (exact) mass is 243 g/mol. The Hall–Kier alpha value is -0.450. The normalized spacial score (nSPS) is 23.8. The van der Waals surface area contributed by atoms with Gasteiger partial charge in [0.2, 0.25) is 5.79 Å². The highest BCUT2D eigenvalue weighted by atomic mass is 79.9. The molecule has 0 atom stereocenters. The van der Waals surface area contributed by atoms with E-state index in [1.165, 1.54) is 5.57 Å². The molecule has 0 N–H and O–H groups in total. The van der Waals surface area contributed by atoms with Crippen molar-refractivity contribution in [2.45, 2.75) is 5.79 Å². The second kappa shape index (κ2) is 3.04. The van der Waals surface area contributed by atoms with Gasteiger partial charge in [-0.3, -0.25) is 4.99 Å². The lowest BCUT2D eigenvalue weighted by atomic mass is 9.95. The molecule has 1 heterocycles. The van der Waals surface area contributed by atoms with Crippen molar-refractivity contribution in [1.29, 1.82) is 0 Å². The van der Waals surface area contributed by atoms with Crippen LogP contribution in [0.15, 0.2) is 27.2 Å². The predicted molar refractivity (Wildman–Crippen MR) is 54.1 cm³/mol. The van der Waals surface area contributed by atoms with Crippen LogP contribution in [0.2, 0.25) is 0 Å². The van der Waals surface area contributed by atoms with Crippen molar-refractivity contribution in [1.82, 2.24) is 0 Å². The van der Waals surface area contributed by atoms with Gasteiger partial charge in [-0.25, -0.2) is 0 Å². The molecule has 2 aliphatic rings. The van der Waals surface area contributed by atoms with Crippen molar-refractivity contribution in [3.63, 3.8) is 0 Å². The van der Waals surface area contributed by atoms with Crippen molar-refractivity contribution in [2.24, 2.45) is 4.99 Å². The summed E-state index contributed by atoms with van der Waals surface area (Å²) in [4.78, 5) is 4.21. The largest absolute Gasteiger partial charge is 0.346 e. The van der Waals surface area contributed by atoms with Gasteiger partial charge >= 0.3 is 0 Å². The number of nitrogens with zero attached hydrogens (tertiary/aromatic N) is 1. The highest BCUT2D eigenvalue weighted by Crippen LogP contribution is 2.36. The summed E-state index contributed by atoms with van der Waals surface area (Å²) in [6.07, 6.45) is 3.89. The molecule has 4 heteroatoms. The molecule has 1 aliphatic heterocycles. The van der Waals surface area contributed by atoms with Gasteiger partial charge in [0.1, 0.15) is 0 Å². The van der Waals surface area contributed by atoms with Crippen LogP contribution in [0, 0.1) is 0 Å². The molecule has 0 radical (unpaired) electrons. The average molecular weight is 244 g/mol. The number of allylic oxidation sites excluding steroid dienone is 1. The topological polar surface area (TPSA) is 30.8 Å². The van der Waals surface area contributed by atoms with E-state index in [9.17, 15) is 0 Å². The van der Waals surface area contributed by atoms with Crippen molar-refractivity contribution >= 4 is 21.6 Å². The molecule has 1 aliphatic carbocycles. The molecular formula is C9H10BrNO2. The molecule has 0 aromatic carbocycles. The Morgan fingerprint density at radius 3 is 2.62 bits per heavy atom. The number of hydrogen-bond donors (Lipinski definition) is 0. The van der Waals surface area contributed by atoms with Crippen molar-refractivity contribution in [3.05, 3.63) is 22.2 Å². The summed E-state index contributed by atoms with van der Waals surface area (Å²) in [6.45, 7) is 0.764. The van der Waals surface area contributed by atoms with Crippen molar-refractivity contribution in [3.8, 4) is 0 Å². The first kappa shape index (κ1) is 9.12. The Kier molecular flexibility index (Phi) is 2.14. The molecule has 0 amide bonds. The van der Waals surface area contributed by atoms with Gasteiger partial charge in [-0.2, -0.15) is 0 Å². The van der Waals surface area contributed by atoms with E-state index in [2.05, 4.69) is 20.9 Å². The van der Waals surface area contributed by atoms with E-state index in [0.29, 0.717) is 0 Å². The smallest absolute Gasteiger partial charge is 0.222 e. The van der Waals surface area contributed by atoms with E-state index in [1.807, 2.05) is 12.2 Å². The second-order valence-electron chi connectivity index (χ2n) is 2.94. The van der Waals surface area contributed by atoms with Crippen LogP contribution in [0.5, 0.6) is 0 Å². The molecule has 0 bridgehead atoms. The summed E-state index contributed by atoms with van der Waals surface area (Å²) in [7, 11) is 3.24. The number of aliphatic imine (C=N–C) groups is 1. The first-order valence-corrected chi connectivity index (χ1v) is 4.75. The highest BCUT2D eigenvalue weighted by molar-refractivity contribution is 9.11. The molecule has 0 aromatic heterocycles. The fraction of sp³-hybridized carbons (Fsp3) is 0.444. The van der Waals surface area contributed by atoms with E-state index in [4.69, 9.17) is 9.47 Å². The van der Waals surface area contributed by atoms with Gasteiger partial charge in [-0.1, -0.05) is 0 Å². The molecule has 0 aromatic rings.